The van der Waals surface area contributed by atoms with Gasteiger partial charge in [0, 0.05) is 51.1 Å². The lowest BCUT2D eigenvalue weighted by molar-refractivity contribution is -0.0566. The van der Waals surface area contributed by atoms with Crippen molar-refractivity contribution in [3.05, 3.63) is 22.4 Å². The van der Waals surface area contributed by atoms with Gasteiger partial charge in [-0.25, -0.2) is 0 Å². The number of aliphatic hydroxyl groups is 1. The maximum absolute atomic E-state index is 10.5. The third-order valence-electron chi connectivity index (χ3n) is 3.92. The number of halogens is 1. The van der Waals surface area contributed by atoms with Gasteiger partial charge in [-0.2, -0.15) is 0 Å². The molecule has 0 radical (unpaired) electrons. The molecule has 0 aromatic carbocycles. The summed E-state index contributed by atoms with van der Waals surface area (Å²) in [6, 6.07) is 4.24. The normalized spacial score (nSPS) is 17.4. The highest BCUT2D eigenvalue weighted by Crippen LogP contribution is 2.20. The Balaban J connectivity index is 0.00000264. The Bertz CT molecular complexity index is 462. The second kappa shape index (κ2) is 10.5. The van der Waals surface area contributed by atoms with Gasteiger partial charge in [0.25, 0.3) is 0 Å². The Kier molecular flexibility index (Phi) is 9.41. The van der Waals surface area contributed by atoms with E-state index in [4.69, 9.17) is 4.74 Å². The van der Waals surface area contributed by atoms with Crippen LogP contribution in [0.25, 0.3) is 0 Å². The van der Waals surface area contributed by atoms with Gasteiger partial charge in [0.15, 0.2) is 5.96 Å². The van der Waals surface area contributed by atoms with E-state index in [0.29, 0.717) is 32.6 Å². The number of nitrogens with one attached hydrogen (secondary N) is 1. The molecule has 2 N–H and O–H groups in total. The first-order valence-corrected chi connectivity index (χ1v) is 8.83. The zero-order valence-electron chi connectivity index (χ0n) is 14.0. The highest BCUT2D eigenvalue weighted by Gasteiger charge is 2.29. The summed E-state index contributed by atoms with van der Waals surface area (Å²) >= 11 is 1.78. The summed E-state index contributed by atoms with van der Waals surface area (Å²) in [6.07, 6.45) is 2.33. The lowest BCUT2D eigenvalue weighted by atomic mass is 9.95. The topological polar surface area (TPSA) is 57.1 Å². The van der Waals surface area contributed by atoms with Crippen LogP contribution in [0.15, 0.2) is 22.5 Å². The number of nitrogens with zero attached hydrogens (tertiary/aromatic N) is 2. The molecule has 0 spiro atoms. The molecule has 0 aliphatic carbocycles. The van der Waals surface area contributed by atoms with Crippen molar-refractivity contribution in [2.45, 2.75) is 31.8 Å². The minimum absolute atomic E-state index is 0. The monoisotopic (exact) mass is 453 g/mol. The molecule has 23 heavy (non-hydrogen) atoms. The van der Waals surface area contributed by atoms with Crippen LogP contribution in [-0.4, -0.2) is 61.5 Å². The van der Waals surface area contributed by atoms with Crippen molar-refractivity contribution >= 4 is 41.3 Å². The molecule has 2 heterocycles. The van der Waals surface area contributed by atoms with E-state index in [1.165, 1.54) is 4.88 Å². The third kappa shape index (κ3) is 6.94. The van der Waals surface area contributed by atoms with Gasteiger partial charge in [-0.15, -0.1) is 35.3 Å². The van der Waals surface area contributed by atoms with Crippen molar-refractivity contribution < 1.29 is 9.84 Å². The van der Waals surface area contributed by atoms with Crippen LogP contribution < -0.4 is 5.32 Å². The molecule has 0 bridgehead atoms. The highest BCUT2D eigenvalue weighted by atomic mass is 127. The van der Waals surface area contributed by atoms with Crippen LogP contribution in [0.5, 0.6) is 0 Å². The quantitative estimate of drug-likeness (QED) is 0.395. The molecule has 0 unspecified atom stereocenters. The highest BCUT2D eigenvalue weighted by molar-refractivity contribution is 14.0. The number of hydrogen-bond acceptors (Lipinski definition) is 4. The lowest BCUT2D eigenvalue weighted by Gasteiger charge is -2.31. The van der Waals surface area contributed by atoms with E-state index in [0.717, 1.165) is 25.5 Å². The first kappa shape index (κ1) is 20.7. The molecule has 7 heteroatoms. The molecule has 1 fully saturated rings. The number of aliphatic imine (C=N–C) groups is 1. The van der Waals surface area contributed by atoms with Crippen LogP contribution in [0.1, 0.15) is 24.6 Å². The zero-order chi connectivity index (χ0) is 15.8. The number of guanidine groups is 1. The van der Waals surface area contributed by atoms with E-state index < -0.39 is 5.60 Å². The van der Waals surface area contributed by atoms with Crippen molar-refractivity contribution in [3.63, 3.8) is 0 Å². The summed E-state index contributed by atoms with van der Waals surface area (Å²) in [5, 5.41) is 15.9. The molecule has 2 rings (SSSR count). The van der Waals surface area contributed by atoms with Crippen molar-refractivity contribution in [3.8, 4) is 0 Å². The summed E-state index contributed by atoms with van der Waals surface area (Å²) in [6.45, 7) is 5.47. The zero-order valence-corrected chi connectivity index (χ0v) is 17.1. The van der Waals surface area contributed by atoms with Gasteiger partial charge < -0.3 is 20.1 Å². The minimum Gasteiger partial charge on any atom is -0.388 e. The summed E-state index contributed by atoms with van der Waals surface area (Å²) in [7, 11) is 2.04. The molecule has 0 atom stereocenters. The van der Waals surface area contributed by atoms with Gasteiger partial charge >= 0.3 is 0 Å². The average molecular weight is 453 g/mol. The smallest absolute Gasteiger partial charge is 0.193 e. The van der Waals surface area contributed by atoms with Gasteiger partial charge in [0.05, 0.1) is 12.1 Å². The SMILES string of the molecule is CCNC(=NCC1(O)CCOCC1)N(C)CCc1cccs1.I. The third-order valence-corrected chi connectivity index (χ3v) is 4.85. The number of likely N-dealkylation sites (N-methyl/N-ethyl adjacent to an activating group) is 1. The first-order chi connectivity index (χ1) is 10.6. The van der Waals surface area contributed by atoms with Gasteiger partial charge in [0.1, 0.15) is 0 Å². The molecule has 0 saturated carbocycles. The van der Waals surface area contributed by atoms with Crippen LogP contribution >= 0.6 is 35.3 Å². The van der Waals surface area contributed by atoms with Crippen molar-refractivity contribution in [2.24, 2.45) is 4.99 Å². The van der Waals surface area contributed by atoms with Crippen LogP contribution in [0, 0.1) is 0 Å². The van der Waals surface area contributed by atoms with Crippen molar-refractivity contribution in [1.29, 1.82) is 0 Å². The molecule has 1 aromatic rings. The van der Waals surface area contributed by atoms with E-state index >= 15 is 0 Å². The van der Waals surface area contributed by atoms with E-state index in [9.17, 15) is 5.11 Å². The fraction of sp³-hybridized carbons (Fsp3) is 0.688. The summed E-state index contributed by atoms with van der Waals surface area (Å²) < 4.78 is 5.31. The fourth-order valence-electron chi connectivity index (χ4n) is 2.44. The Hall–Kier alpha value is -0.380. The van der Waals surface area contributed by atoms with Crippen LogP contribution in [-0.2, 0) is 11.2 Å². The molecule has 1 aromatic heterocycles. The second-order valence-corrected chi connectivity index (χ2v) is 6.79. The van der Waals surface area contributed by atoms with Crippen molar-refractivity contribution in [2.75, 3.05) is 39.9 Å². The predicted molar refractivity (Wildman–Crippen MR) is 107 cm³/mol. The number of ether oxygens (including phenoxy) is 1. The predicted octanol–water partition coefficient (Wildman–Crippen LogP) is 2.35. The summed E-state index contributed by atoms with van der Waals surface area (Å²) in [4.78, 5) is 8.15. The summed E-state index contributed by atoms with van der Waals surface area (Å²) in [5.74, 6) is 0.860. The van der Waals surface area contributed by atoms with Crippen LogP contribution in [0.4, 0.5) is 0 Å². The van der Waals surface area contributed by atoms with Crippen LogP contribution in [0.2, 0.25) is 0 Å². The Labute approximate surface area is 160 Å². The van der Waals surface area contributed by atoms with E-state index in [1.807, 2.05) is 7.05 Å². The largest absolute Gasteiger partial charge is 0.388 e. The fourth-order valence-corrected chi connectivity index (χ4v) is 3.14. The number of hydrogen-bond donors (Lipinski definition) is 2. The Morgan fingerprint density at radius 2 is 2.22 bits per heavy atom. The molecule has 1 aliphatic heterocycles. The average Bonchev–Trinajstić information content (AvgIpc) is 3.03. The van der Waals surface area contributed by atoms with Gasteiger partial charge in [0.2, 0.25) is 0 Å². The lowest BCUT2D eigenvalue weighted by Crippen LogP contribution is -2.43. The molecule has 0 amide bonds. The van der Waals surface area contributed by atoms with E-state index in [1.54, 1.807) is 11.3 Å². The van der Waals surface area contributed by atoms with Crippen molar-refractivity contribution in [1.82, 2.24) is 10.2 Å². The first-order valence-electron chi connectivity index (χ1n) is 7.95. The standard InChI is InChI=1S/C16H27N3O2S.HI/c1-3-17-15(18-13-16(20)7-10-21-11-8-16)19(2)9-6-14-5-4-12-22-14;/h4-5,12,20H,3,6-11,13H2,1-2H3,(H,17,18);1H. The summed E-state index contributed by atoms with van der Waals surface area (Å²) in [5.41, 5.74) is -0.715. The molecule has 1 saturated heterocycles. The molecule has 1 aliphatic rings. The number of thiophene rings is 1. The molecule has 132 valence electrons. The second-order valence-electron chi connectivity index (χ2n) is 5.76. The van der Waals surface area contributed by atoms with Gasteiger partial charge in [-0.05, 0) is 24.8 Å². The maximum Gasteiger partial charge on any atom is 0.193 e. The van der Waals surface area contributed by atoms with E-state index in [2.05, 4.69) is 39.6 Å². The molecular formula is C16H28IN3O2S. The van der Waals surface area contributed by atoms with Gasteiger partial charge in [-0.3, -0.25) is 4.99 Å². The van der Waals surface area contributed by atoms with Gasteiger partial charge in [-0.1, -0.05) is 6.07 Å². The number of rotatable bonds is 6. The Morgan fingerprint density at radius 1 is 1.48 bits per heavy atom. The minimum atomic E-state index is -0.715. The molecular weight excluding hydrogens is 425 g/mol. The molecule has 5 nitrogen and oxygen atoms in total. The Morgan fingerprint density at radius 3 is 2.83 bits per heavy atom. The van der Waals surface area contributed by atoms with Crippen LogP contribution in [0.3, 0.4) is 0 Å². The maximum atomic E-state index is 10.5. The van der Waals surface area contributed by atoms with E-state index in [-0.39, 0.29) is 24.0 Å².